The Labute approximate surface area is 156 Å². The average molecular weight is 369 g/mol. The first-order chi connectivity index (χ1) is 12.6. The average Bonchev–Trinajstić information content (AvgIpc) is 3.02. The van der Waals surface area contributed by atoms with Crippen LogP contribution >= 0.6 is 11.3 Å². The molecule has 4 nitrogen and oxygen atoms in total. The van der Waals surface area contributed by atoms with E-state index in [1.807, 2.05) is 30.3 Å². The fourth-order valence-corrected chi connectivity index (χ4v) is 6.84. The van der Waals surface area contributed by atoms with Crippen LogP contribution < -0.4 is 5.32 Å². The number of thiophene rings is 1. The van der Waals surface area contributed by atoms with E-state index < -0.39 is 5.97 Å². The fraction of sp³-hybridized carbons (Fsp3) is 0.524. The minimum absolute atomic E-state index is 0.0319. The number of hydrogen-bond acceptors (Lipinski definition) is 4. The van der Waals surface area contributed by atoms with Gasteiger partial charge in [0, 0.05) is 10.2 Å². The molecule has 136 valence electrons. The zero-order valence-electron chi connectivity index (χ0n) is 14.7. The first kappa shape index (κ1) is 16.3. The number of carbonyl (C=O) groups excluding carboxylic acids is 2. The molecule has 0 aliphatic heterocycles. The molecule has 4 bridgehead atoms. The van der Waals surface area contributed by atoms with Crippen LogP contribution in [0.3, 0.4) is 0 Å². The molecule has 4 saturated carbocycles. The monoisotopic (exact) mass is 369 g/mol. The lowest BCUT2D eigenvalue weighted by molar-refractivity contribution is -0.130. The van der Waals surface area contributed by atoms with Crippen LogP contribution in [0.15, 0.2) is 30.3 Å². The predicted molar refractivity (Wildman–Crippen MR) is 101 cm³/mol. The lowest BCUT2D eigenvalue weighted by Gasteiger charge is -2.56. The van der Waals surface area contributed by atoms with E-state index in [-0.39, 0.29) is 18.1 Å². The first-order valence-electron chi connectivity index (χ1n) is 9.55. The molecule has 0 atom stereocenters. The molecule has 4 aliphatic carbocycles. The van der Waals surface area contributed by atoms with E-state index in [0.717, 1.165) is 47.1 Å². The number of benzene rings is 1. The fourth-order valence-electron chi connectivity index (χ4n) is 5.88. The SMILES string of the molecule is O=C(COC(=O)c1cc2ccccc2s1)NC12CC3CC(CC(C3)C1)C2. The summed E-state index contributed by atoms with van der Waals surface area (Å²) in [5, 5.41) is 4.28. The Morgan fingerprint density at radius 1 is 1.08 bits per heavy atom. The molecule has 1 amide bonds. The molecule has 2 aromatic rings. The third-order valence-corrected chi connectivity index (χ3v) is 7.50. The maximum Gasteiger partial charge on any atom is 0.348 e. The van der Waals surface area contributed by atoms with Gasteiger partial charge in [-0.05, 0) is 73.8 Å². The van der Waals surface area contributed by atoms with Crippen LogP contribution in [0.1, 0.15) is 48.2 Å². The molecule has 5 heteroatoms. The third kappa shape index (κ3) is 2.92. The summed E-state index contributed by atoms with van der Waals surface area (Å²) in [4.78, 5) is 25.3. The molecule has 4 aliphatic rings. The van der Waals surface area contributed by atoms with Crippen LogP contribution in [0.25, 0.3) is 10.1 Å². The van der Waals surface area contributed by atoms with Crippen molar-refractivity contribution in [2.45, 2.75) is 44.1 Å². The zero-order chi connectivity index (χ0) is 17.7. The molecule has 1 N–H and O–H groups in total. The quantitative estimate of drug-likeness (QED) is 0.824. The highest BCUT2D eigenvalue weighted by atomic mass is 32.1. The molecule has 1 aromatic carbocycles. The molecule has 4 fully saturated rings. The second-order valence-corrected chi connectivity index (χ2v) is 9.55. The lowest BCUT2D eigenvalue weighted by atomic mass is 9.53. The maximum absolute atomic E-state index is 12.5. The Hall–Kier alpha value is -1.88. The molecule has 0 saturated heterocycles. The van der Waals surface area contributed by atoms with E-state index >= 15 is 0 Å². The molecular formula is C21H23NO3S. The van der Waals surface area contributed by atoms with Crippen molar-refractivity contribution in [3.05, 3.63) is 35.2 Å². The van der Waals surface area contributed by atoms with Gasteiger partial charge in [-0.3, -0.25) is 4.79 Å². The van der Waals surface area contributed by atoms with Crippen molar-refractivity contribution in [1.82, 2.24) is 5.32 Å². The van der Waals surface area contributed by atoms with Gasteiger partial charge in [0.15, 0.2) is 6.61 Å². The van der Waals surface area contributed by atoms with E-state index in [1.165, 1.54) is 30.6 Å². The highest BCUT2D eigenvalue weighted by Crippen LogP contribution is 2.55. The van der Waals surface area contributed by atoms with E-state index in [2.05, 4.69) is 5.32 Å². The molecule has 0 spiro atoms. The van der Waals surface area contributed by atoms with Crippen LogP contribution in [-0.4, -0.2) is 24.0 Å². The van der Waals surface area contributed by atoms with Gasteiger partial charge in [-0.15, -0.1) is 11.3 Å². The molecule has 26 heavy (non-hydrogen) atoms. The minimum atomic E-state index is -0.410. The van der Waals surface area contributed by atoms with Gasteiger partial charge >= 0.3 is 5.97 Å². The van der Waals surface area contributed by atoms with Crippen LogP contribution in [0, 0.1) is 17.8 Å². The van der Waals surface area contributed by atoms with Crippen LogP contribution in [0.5, 0.6) is 0 Å². The van der Waals surface area contributed by atoms with Gasteiger partial charge in [-0.2, -0.15) is 0 Å². The van der Waals surface area contributed by atoms with Gasteiger partial charge in [-0.1, -0.05) is 18.2 Å². The zero-order valence-corrected chi connectivity index (χ0v) is 15.5. The maximum atomic E-state index is 12.5. The number of nitrogens with one attached hydrogen (secondary N) is 1. The van der Waals surface area contributed by atoms with E-state index in [0.29, 0.717) is 4.88 Å². The standard InChI is InChI=1S/C21H23NO3S/c23-19(22-21-9-13-5-14(10-21)7-15(6-13)11-21)12-25-20(24)18-8-16-3-1-2-4-17(16)26-18/h1-4,8,13-15H,5-7,9-12H2,(H,22,23). The summed E-state index contributed by atoms with van der Waals surface area (Å²) >= 11 is 1.41. The highest BCUT2D eigenvalue weighted by Gasteiger charge is 2.51. The predicted octanol–water partition coefficient (Wildman–Crippen LogP) is 4.14. The number of carbonyl (C=O) groups is 2. The second-order valence-electron chi connectivity index (χ2n) is 8.47. The van der Waals surface area contributed by atoms with Gasteiger partial charge in [-0.25, -0.2) is 4.79 Å². The number of fused-ring (bicyclic) bond motifs is 1. The van der Waals surface area contributed by atoms with Crippen molar-refractivity contribution in [3.8, 4) is 0 Å². The molecule has 1 heterocycles. The summed E-state index contributed by atoms with van der Waals surface area (Å²) < 4.78 is 6.35. The summed E-state index contributed by atoms with van der Waals surface area (Å²) in [5.74, 6) is 1.78. The highest BCUT2D eigenvalue weighted by molar-refractivity contribution is 7.20. The summed E-state index contributed by atoms with van der Waals surface area (Å²) in [6.45, 7) is -0.186. The summed E-state index contributed by atoms with van der Waals surface area (Å²) in [6.07, 6.45) is 7.35. The van der Waals surface area contributed by atoms with Crippen LogP contribution in [0.4, 0.5) is 0 Å². The van der Waals surface area contributed by atoms with E-state index in [9.17, 15) is 9.59 Å². The summed E-state index contributed by atoms with van der Waals surface area (Å²) in [7, 11) is 0. The van der Waals surface area contributed by atoms with Gasteiger partial charge in [0.2, 0.25) is 0 Å². The molecule has 1 aromatic heterocycles. The van der Waals surface area contributed by atoms with Crippen molar-refractivity contribution in [1.29, 1.82) is 0 Å². The Bertz CT molecular complexity index is 803. The van der Waals surface area contributed by atoms with E-state index in [1.54, 1.807) is 0 Å². The molecular weight excluding hydrogens is 346 g/mol. The Morgan fingerprint density at radius 3 is 2.38 bits per heavy atom. The topological polar surface area (TPSA) is 55.4 Å². The van der Waals surface area contributed by atoms with Gasteiger partial charge in [0.05, 0.1) is 0 Å². The van der Waals surface area contributed by atoms with Crippen molar-refractivity contribution in [2.24, 2.45) is 17.8 Å². The number of hydrogen-bond donors (Lipinski definition) is 1. The van der Waals surface area contributed by atoms with Crippen molar-refractivity contribution >= 4 is 33.3 Å². The second kappa shape index (κ2) is 6.08. The Morgan fingerprint density at radius 2 is 1.73 bits per heavy atom. The number of esters is 1. The van der Waals surface area contributed by atoms with Crippen molar-refractivity contribution in [3.63, 3.8) is 0 Å². The molecule has 0 unspecified atom stereocenters. The lowest BCUT2D eigenvalue weighted by Crippen LogP contribution is -2.60. The smallest absolute Gasteiger partial charge is 0.348 e. The number of amides is 1. The largest absolute Gasteiger partial charge is 0.451 e. The normalized spacial score (nSPS) is 31.9. The summed E-state index contributed by atoms with van der Waals surface area (Å²) in [5.41, 5.74) is -0.0319. The van der Waals surface area contributed by atoms with Crippen LogP contribution in [0.2, 0.25) is 0 Å². The van der Waals surface area contributed by atoms with Crippen molar-refractivity contribution in [2.75, 3.05) is 6.61 Å². The Balaban J connectivity index is 1.20. The van der Waals surface area contributed by atoms with Crippen LogP contribution in [-0.2, 0) is 9.53 Å². The first-order valence-corrected chi connectivity index (χ1v) is 10.4. The van der Waals surface area contributed by atoms with Crippen molar-refractivity contribution < 1.29 is 14.3 Å². The molecule has 0 radical (unpaired) electrons. The number of rotatable bonds is 4. The van der Waals surface area contributed by atoms with Gasteiger partial charge in [0.25, 0.3) is 5.91 Å². The molecule has 6 rings (SSSR count). The Kier molecular flexibility index (Phi) is 3.82. The minimum Gasteiger partial charge on any atom is -0.451 e. The van der Waals surface area contributed by atoms with E-state index in [4.69, 9.17) is 4.74 Å². The summed E-state index contributed by atoms with van der Waals surface area (Å²) in [6, 6.07) is 9.69. The third-order valence-electron chi connectivity index (χ3n) is 6.40. The van der Waals surface area contributed by atoms with Gasteiger partial charge in [0.1, 0.15) is 4.88 Å². The van der Waals surface area contributed by atoms with Gasteiger partial charge < -0.3 is 10.1 Å². The number of ether oxygens (including phenoxy) is 1.